The van der Waals surface area contributed by atoms with E-state index in [4.69, 9.17) is 0 Å². The van der Waals surface area contributed by atoms with Gasteiger partial charge in [-0.25, -0.2) is 4.68 Å². The molecule has 2 amide bonds. The Kier molecular flexibility index (Phi) is 4.69. The molecule has 0 saturated heterocycles. The third kappa shape index (κ3) is 4.12. The van der Waals surface area contributed by atoms with E-state index in [9.17, 15) is 9.59 Å². The van der Waals surface area contributed by atoms with Crippen LogP contribution in [0.15, 0.2) is 18.3 Å². The summed E-state index contributed by atoms with van der Waals surface area (Å²) >= 11 is 1.64. The minimum Gasteiger partial charge on any atom is -0.347 e. The van der Waals surface area contributed by atoms with Gasteiger partial charge in [-0.05, 0) is 19.1 Å². The van der Waals surface area contributed by atoms with Gasteiger partial charge < -0.3 is 10.2 Å². The Labute approximate surface area is 126 Å². The van der Waals surface area contributed by atoms with Gasteiger partial charge in [-0.15, -0.1) is 16.4 Å². The van der Waals surface area contributed by atoms with Crippen LogP contribution in [0.1, 0.15) is 20.2 Å². The number of aromatic nitrogens is 3. The predicted octanol–water partition coefficient (Wildman–Crippen LogP) is 0.666. The Balaban J connectivity index is 1.91. The number of aryl methyl sites for hydroxylation is 1. The molecule has 1 N–H and O–H groups in total. The van der Waals surface area contributed by atoms with Gasteiger partial charge in [0.15, 0.2) is 5.69 Å². The summed E-state index contributed by atoms with van der Waals surface area (Å²) in [7, 11) is 3.33. The van der Waals surface area contributed by atoms with Crippen molar-refractivity contribution < 1.29 is 9.59 Å². The highest BCUT2D eigenvalue weighted by Gasteiger charge is 2.13. The van der Waals surface area contributed by atoms with Crippen LogP contribution < -0.4 is 5.32 Å². The van der Waals surface area contributed by atoms with E-state index in [1.807, 2.05) is 19.1 Å². The molecule has 0 aliphatic rings. The van der Waals surface area contributed by atoms with Crippen molar-refractivity contribution in [1.82, 2.24) is 25.2 Å². The number of hydrogen-bond acceptors (Lipinski definition) is 5. The predicted molar refractivity (Wildman–Crippen MR) is 78.9 cm³/mol. The minimum atomic E-state index is -0.301. The summed E-state index contributed by atoms with van der Waals surface area (Å²) in [6.07, 6.45) is 1.47. The van der Waals surface area contributed by atoms with Crippen molar-refractivity contribution in [1.29, 1.82) is 0 Å². The van der Waals surface area contributed by atoms with Crippen molar-refractivity contribution in [2.24, 2.45) is 0 Å². The second-order valence-electron chi connectivity index (χ2n) is 4.78. The molecule has 7 nitrogen and oxygen atoms in total. The van der Waals surface area contributed by atoms with E-state index < -0.39 is 0 Å². The number of amides is 2. The summed E-state index contributed by atoms with van der Waals surface area (Å²) in [5.74, 6) is -0.412. The first-order chi connectivity index (χ1) is 9.95. The zero-order valence-electron chi connectivity index (χ0n) is 12.2. The summed E-state index contributed by atoms with van der Waals surface area (Å²) < 4.78 is 1.35. The zero-order valence-corrected chi connectivity index (χ0v) is 13.0. The van der Waals surface area contributed by atoms with Crippen molar-refractivity contribution in [3.05, 3.63) is 33.8 Å². The highest BCUT2D eigenvalue weighted by molar-refractivity contribution is 7.11. The molecule has 2 aromatic rings. The third-order valence-electron chi connectivity index (χ3n) is 2.79. The largest absolute Gasteiger partial charge is 0.347 e. The first kappa shape index (κ1) is 15.2. The van der Waals surface area contributed by atoms with Crippen molar-refractivity contribution in [2.45, 2.75) is 20.0 Å². The van der Waals surface area contributed by atoms with Crippen molar-refractivity contribution in [3.63, 3.8) is 0 Å². The monoisotopic (exact) mass is 307 g/mol. The summed E-state index contributed by atoms with van der Waals surface area (Å²) in [5.41, 5.74) is 0.204. The first-order valence-corrected chi connectivity index (χ1v) is 7.21. The van der Waals surface area contributed by atoms with Crippen molar-refractivity contribution in [2.75, 3.05) is 14.1 Å². The van der Waals surface area contributed by atoms with Crippen LogP contribution >= 0.6 is 11.3 Å². The van der Waals surface area contributed by atoms with E-state index in [0.29, 0.717) is 6.54 Å². The van der Waals surface area contributed by atoms with Gasteiger partial charge in [-0.2, -0.15) is 0 Å². The van der Waals surface area contributed by atoms with Crippen LogP contribution in [-0.2, 0) is 17.9 Å². The molecule has 0 bridgehead atoms. The Morgan fingerprint density at radius 3 is 2.76 bits per heavy atom. The lowest BCUT2D eigenvalue weighted by Gasteiger charge is -2.08. The number of nitrogens with one attached hydrogen (secondary N) is 1. The molecule has 0 saturated carbocycles. The van der Waals surface area contributed by atoms with Crippen LogP contribution in [0.25, 0.3) is 0 Å². The van der Waals surface area contributed by atoms with Gasteiger partial charge in [0.1, 0.15) is 6.54 Å². The van der Waals surface area contributed by atoms with Gasteiger partial charge in [0, 0.05) is 23.8 Å². The Morgan fingerprint density at radius 2 is 2.14 bits per heavy atom. The standard InChI is InChI=1S/C13H17N5O2S/c1-9-4-5-10(21-9)6-14-13(20)11-7-18(16-15-11)8-12(19)17(2)3/h4-5,7H,6,8H2,1-3H3,(H,14,20). The molecule has 0 radical (unpaired) electrons. The summed E-state index contributed by atoms with van der Waals surface area (Å²) in [4.78, 5) is 27.2. The topological polar surface area (TPSA) is 80.1 Å². The molecular weight excluding hydrogens is 290 g/mol. The third-order valence-corrected chi connectivity index (χ3v) is 3.79. The molecule has 8 heteroatoms. The molecule has 2 heterocycles. The SMILES string of the molecule is Cc1ccc(CNC(=O)c2cn(CC(=O)N(C)C)nn2)s1. The number of nitrogens with zero attached hydrogens (tertiary/aromatic N) is 4. The number of carbonyl (C=O) groups excluding carboxylic acids is 2. The highest BCUT2D eigenvalue weighted by atomic mass is 32.1. The van der Waals surface area contributed by atoms with Gasteiger partial charge >= 0.3 is 0 Å². The first-order valence-electron chi connectivity index (χ1n) is 6.39. The molecule has 0 spiro atoms. The van der Waals surface area contributed by atoms with Crippen LogP contribution in [0.2, 0.25) is 0 Å². The quantitative estimate of drug-likeness (QED) is 0.880. The maximum atomic E-state index is 11.9. The fourth-order valence-corrected chi connectivity index (χ4v) is 2.43. The normalized spacial score (nSPS) is 10.4. The molecule has 0 unspecified atom stereocenters. The maximum absolute atomic E-state index is 11.9. The van der Waals surface area contributed by atoms with Crippen LogP contribution in [0, 0.1) is 6.92 Å². The number of thiophene rings is 1. The fourth-order valence-electron chi connectivity index (χ4n) is 1.60. The second kappa shape index (κ2) is 6.49. The molecule has 21 heavy (non-hydrogen) atoms. The van der Waals surface area contributed by atoms with Crippen LogP contribution in [0.3, 0.4) is 0 Å². The molecule has 2 rings (SSSR count). The van der Waals surface area contributed by atoms with E-state index in [1.165, 1.54) is 20.7 Å². The lowest BCUT2D eigenvalue weighted by molar-refractivity contribution is -0.129. The number of likely N-dealkylation sites (N-methyl/N-ethyl adjacent to an activating group) is 1. The molecule has 0 aromatic carbocycles. The van der Waals surface area contributed by atoms with Gasteiger partial charge in [0.2, 0.25) is 5.91 Å². The molecule has 2 aromatic heterocycles. The van der Waals surface area contributed by atoms with E-state index in [0.717, 1.165) is 4.88 Å². The summed E-state index contributed by atoms with van der Waals surface area (Å²) in [6.45, 7) is 2.54. The Bertz CT molecular complexity index is 647. The zero-order chi connectivity index (χ0) is 15.4. The second-order valence-corrected chi connectivity index (χ2v) is 6.16. The van der Waals surface area contributed by atoms with Crippen molar-refractivity contribution >= 4 is 23.2 Å². The maximum Gasteiger partial charge on any atom is 0.273 e. The summed E-state index contributed by atoms with van der Waals surface area (Å²) in [6, 6.07) is 3.99. The molecule has 0 fully saturated rings. The Hall–Kier alpha value is -2.22. The Morgan fingerprint density at radius 1 is 1.38 bits per heavy atom. The van der Waals surface area contributed by atoms with E-state index in [1.54, 1.807) is 25.4 Å². The van der Waals surface area contributed by atoms with Crippen molar-refractivity contribution in [3.8, 4) is 0 Å². The molecular formula is C13H17N5O2S. The van der Waals surface area contributed by atoms with Crippen LogP contribution in [0.4, 0.5) is 0 Å². The number of carbonyl (C=O) groups is 2. The van der Waals surface area contributed by atoms with E-state index >= 15 is 0 Å². The lowest BCUT2D eigenvalue weighted by atomic mass is 10.4. The van der Waals surface area contributed by atoms with E-state index in [2.05, 4.69) is 15.6 Å². The van der Waals surface area contributed by atoms with Gasteiger partial charge in [0.25, 0.3) is 5.91 Å². The van der Waals surface area contributed by atoms with Crippen LogP contribution in [0.5, 0.6) is 0 Å². The molecule has 0 aliphatic carbocycles. The average molecular weight is 307 g/mol. The average Bonchev–Trinajstić information content (AvgIpc) is 3.05. The number of rotatable bonds is 5. The molecule has 0 atom stereocenters. The molecule has 112 valence electrons. The number of hydrogen-bond donors (Lipinski definition) is 1. The smallest absolute Gasteiger partial charge is 0.273 e. The minimum absolute atomic E-state index is 0.0669. The van der Waals surface area contributed by atoms with Gasteiger partial charge in [-0.3, -0.25) is 9.59 Å². The summed E-state index contributed by atoms with van der Waals surface area (Å²) in [5, 5.41) is 10.3. The lowest BCUT2D eigenvalue weighted by Crippen LogP contribution is -2.26. The fraction of sp³-hybridized carbons (Fsp3) is 0.385. The van der Waals surface area contributed by atoms with Gasteiger partial charge in [0.05, 0.1) is 12.7 Å². The van der Waals surface area contributed by atoms with Gasteiger partial charge in [-0.1, -0.05) is 5.21 Å². The highest BCUT2D eigenvalue weighted by Crippen LogP contribution is 2.14. The van der Waals surface area contributed by atoms with Crippen LogP contribution in [-0.4, -0.2) is 45.8 Å². The van der Waals surface area contributed by atoms with E-state index in [-0.39, 0.29) is 24.1 Å². The molecule has 0 aliphatic heterocycles.